The lowest BCUT2D eigenvalue weighted by Crippen LogP contribution is -2.51. The Balaban J connectivity index is 1.48. The van der Waals surface area contributed by atoms with E-state index in [1.807, 2.05) is 12.1 Å². The molecule has 2 aliphatic rings. The average molecular weight is 384 g/mol. The summed E-state index contributed by atoms with van der Waals surface area (Å²) in [4.78, 5) is 21.7. The number of carbonyl (C=O) groups excluding carboxylic acids is 1. The van der Waals surface area contributed by atoms with Gasteiger partial charge < -0.3 is 15.0 Å². The van der Waals surface area contributed by atoms with E-state index >= 15 is 0 Å². The molecule has 1 saturated heterocycles. The summed E-state index contributed by atoms with van der Waals surface area (Å²) in [5.41, 5.74) is 0.826. The normalized spacial score (nSPS) is 18.6. The number of piperazine rings is 1. The Kier molecular flexibility index (Phi) is 5.43. The predicted molar refractivity (Wildman–Crippen MR) is 105 cm³/mol. The summed E-state index contributed by atoms with van der Waals surface area (Å²) in [6.07, 6.45) is 3.82. The molecule has 1 unspecified atom stereocenters. The molecule has 1 aromatic heterocycles. The highest BCUT2D eigenvalue weighted by Crippen LogP contribution is 2.27. The Morgan fingerprint density at radius 3 is 2.54 bits per heavy atom. The number of hydrogen-bond donors (Lipinski definition) is 1. The molecule has 1 aromatic carbocycles. The van der Waals surface area contributed by atoms with E-state index in [-0.39, 0.29) is 17.8 Å². The van der Waals surface area contributed by atoms with E-state index in [9.17, 15) is 9.18 Å². The van der Waals surface area contributed by atoms with E-state index in [0.717, 1.165) is 56.2 Å². The number of aromatic nitrogens is 1. The van der Waals surface area contributed by atoms with E-state index in [1.165, 1.54) is 12.1 Å². The number of carbonyl (C=O) groups is 1. The highest BCUT2D eigenvalue weighted by atomic mass is 19.1. The van der Waals surface area contributed by atoms with Gasteiger partial charge in [-0.3, -0.25) is 9.69 Å². The molecular weight excluding hydrogens is 359 g/mol. The van der Waals surface area contributed by atoms with Gasteiger partial charge in [0, 0.05) is 44.5 Å². The molecule has 0 bridgehead atoms. The predicted octanol–water partition coefficient (Wildman–Crippen LogP) is 2.37. The topological polar surface area (TPSA) is 57.7 Å². The third-order valence-electron chi connectivity index (χ3n) is 5.31. The Morgan fingerprint density at radius 1 is 1.18 bits per heavy atom. The molecule has 1 aliphatic carbocycles. The molecule has 2 fully saturated rings. The average Bonchev–Trinajstić information content (AvgIpc) is 3.54. The lowest BCUT2D eigenvalue weighted by atomic mass is 10.0. The molecule has 2 aromatic rings. The van der Waals surface area contributed by atoms with Crippen molar-refractivity contribution in [2.45, 2.75) is 24.9 Å². The van der Waals surface area contributed by atoms with Gasteiger partial charge in [0.1, 0.15) is 23.4 Å². The fourth-order valence-corrected chi connectivity index (χ4v) is 3.59. The van der Waals surface area contributed by atoms with Gasteiger partial charge in [0.25, 0.3) is 0 Å². The smallest absolute Gasteiger partial charge is 0.242 e. The largest absolute Gasteiger partial charge is 0.497 e. The van der Waals surface area contributed by atoms with Gasteiger partial charge in [-0.2, -0.15) is 0 Å². The number of benzene rings is 1. The Hall–Kier alpha value is -2.67. The van der Waals surface area contributed by atoms with Crippen LogP contribution in [0.1, 0.15) is 24.4 Å². The number of pyridine rings is 1. The van der Waals surface area contributed by atoms with Gasteiger partial charge in [-0.05, 0) is 36.6 Å². The summed E-state index contributed by atoms with van der Waals surface area (Å²) in [5.74, 6) is 1.36. The van der Waals surface area contributed by atoms with Gasteiger partial charge in [-0.15, -0.1) is 0 Å². The lowest BCUT2D eigenvalue weighted by molar-refractivity contribution is -0.127. The van der Waals surface area contributed by atoms with Crippen molar-refractivity contribution in [2.24, 2.45) is 0 Å². The molecule has 0 radical (unpaired) electrons. The maximum absolute atomic E-state index is 13.4. The van der Waals surface area contributed by atoms with E-state index in [4.69, 9.17) is 4.74 Å². The maximum Gasteiger partial charge on any atom is 0.242 e. The van der Waals surface area contributed by atoms with Crippen LogP contribution in [-0.4, -0.2) is 55.1 Å². The van der Waals surface area contributed by atoms with Crippen LogP contribution in [-0.2, 0) is 4.79 Å². The Bertz CT molecular complexity index is 817. The van der Waals surface area contributed by atoms with Crippen molar-refractivity contribution in [2.75, 3.05) is 38.2 Å². The quantitative estimate of drug-likeness (QED) is 0.829. The number of halogens is 1. The van der Waals surface area contributed by atoms with Gasteiger partial charge in [-0.1, -0.05) is 12.1 Å². The van der Waals surface area contributed by atoms with E-state index < -0.39 is 6.04 Å². The third-order valence-corrected chi connectivity index (χ3v) is 5.31. The maximum atomic E-state index is 13.4. The van der Waals surface area contributed by atoms with Crippen LogP contribution >= 0.6 is 0 Å². The SMILES string of the molecule is COc1ccnc(N2CCN(C(C(=O)NC3CC3)c3ccc(F)cc3)CC2)c1. The number of nitrogens with one attached hydrogen (secondary N) is 1. The second kappa shape index (κ2) is 8.14. The number of hydrogen-bond acceptors (Lipinski definition) is 5. The van der Waals surface area contributed by atoms with Crippen molar-refractivity contribution in [3.63, 3.8) is 0 Å². The standard InChI is InChI=1S/C21H25FN4O2/c1-28-18-8-9-23-19(14-18)25-10-12-26(13-11-25)20(21(27)24-17-6-7-17)15-2-4-16(22)5-3-15/h2-5,8-9,14,17,20H,6-7,10-13H2,1H3,(H,24,27). The zero-order valence-corrected chi connectivity index (χ0v) is 16.0. The highest BCUT2D eigenvalue weighted by Gasteiger charge is 2.34. The molecule has 0 spiro atoms. The van der Waals surface area contributed by atoms with Crippen LogP contribution in [0.4, 0.5) is 10.2 Å². The van der Waals surface area contributed by atoms with E-state index in [2.05, 4.69) is 20.1 Å². The molecule has 148 valence electrons. The van der Waals surface area contributed by atoms with Gasteiger partial charge in [0.05, 0.1) is 7.11 Å². The summed E-state index contributed by atoms with van der Waals surface area (Å²) < 4.78 is 18.7. The van der Waals surface area contributed by atoms with Crippen molar-refractivity contribution >= 4 is 11.7 Å². The second-order valence-electron chi connectivity index (χ2n) is 7.31. The fraction of sp³-hybridized carbons (Fsp3) is 0.429. The van der Waals surface area contributed by atoms with Crippen LogP contribution in [0.3, 0.4) is 0 Å². The number of rotatable bonds is 6. The molecule has 7 heteroatoms. The molecule has 2 heterocycles. The molecule has 1 aliphatic heterocycles. The molecule has 1 atom stereocenters. The summed E-state index contributed by atoms with van der Waals surface area (Å²) >= 11 is 0. The first-order valence-corrected chi connectivity index (χ1v) is 9.69. The molecule has 1 N–H and O–H groups in total. The van der Waals surface area contributed by atoms with Gasteiger partial charge >= 0.3 is 0 Å². The zero-order chi connectivity index (χ0) is 19.5. The molecular formula is C21H25FN4O2. The number of anilines is 1. The van der Waals surface area contributed by atoms with Gasteiger partial charge in [0.15, 0.2) is 0 Å². The molecule has 28 heavy (non-hydrogen) atoms. The van der Waals surface area contributed by atoms with Crippen molar-refractivity contribution in [1.29, 1.82) is 0 Å². The first-order valence-electron chi connectivity index (χ1n) is 9.69. The van der Waals surface area contributed by atoms with Gasteiger partial charge in [0.2, 0.25) is 5.91 Å². The number of amides is 1. The summed E-state index contributed by atoms with van der Waals surface area (Å²) in [6.45, 7) is 2.96. The summed E-state index contributed by atoms with van der Waals surface area (Å²) in [6, 6.07) is 9.90. The fourth-order valence-electron chi connectivity index (χ4n) is 3.59. The number of methoxy groups -OCH3 is 1. The van der Waals surface area contributed by atoms with Crippen LogP contribution in [0, 0.1) is 5.82 Å². The Morgan fingerprint density at radius 2 is 1.89 bits per heavy atom. The number of nitrogens with zero attached hydrogens (tertiary/aromatic N) is 3. The Labute approximate surface area is 164 Å². The zero-order valence-electron chi connectivity index (χ0n) is 16.0. The van der Waals surface area contributed by atoms with Crippen molar-refractivity contribution < 1.29 is 13.9 Å². The van der Waals surface area contributed by atoms with Crippen LogP contribution in [0.5, 0.6) is 5.75 Å². The van der Waals surface area contributed by atoms with Crippen LogP contribution in [0.15, 0.2) is 42.6 Å². The summed E-state index contributed by atoms with van der Waals surface area (Å²) in [5, 5.41) is 3.11. The van der Waals surface area contributed by atoms with E-state index in [0.29, 0.717) is 0 Å². The van der Waals surface area contributed by atoms with Crippen LogP contribution in [0.2, 0.25) is 0 Å². The van der Waals surface area contributed by atoms with Crippen molar-refractivity contribution in [1.82, 2.24) is 15.2 Å². The van der Waals surface area contributed by atoms with Crippen LogP contribution < -0.4 is 15.0 Å². The monoisotopic (exact) mass is 384 g/mol. The minimum atomic E-state index is -0.401. The van der Waals surface area contributed by atoms with Crippen LogP contribution in [0.25, 0.3) is 0 Å². The molecule has 6 nitrogen and oxygen atoms in total. The summed E-state index contributed by atoms with van der Waals surface area (Å²) in [7, 11) is 1.64. The minimum absolute atomic E-state index is 0.00191. The minimum Gasteiger partial charge on any atom is -0.497 e. The number of ether oxygens (including phenoxy) is 1. The molecule has 1 saturated carbocycles. The van der Waals surface area contributed by atoms with Crippen molar-refractivity contribution in [3.05, 3.63) is 54.0 Å². The lowest BCUT2D eigenvalue weighted by Gasteiger charge is -2.39. The van der Waals surface area contributed by atoms with Crippen molar-refractivity contribution in [3.8, 4) is 5.75 Å². The molecule has 1 amide bonds. The van der Waals surface area contributed by atoms with E-state index in [1.54, 1.807) is 25.4 Å². The molecule has 4 rings (SSSR count). The highest BCUT2D eigenvalue weighted by molar-refractivity contribution is 5.83. The first-order chi connectivity index (χ1) is 13.6. The third kappa shape index (κ3) is 4.25. The second-order valence-corrected chi connectivity index (χ2v) is 7.31. The van der Waals surface area contributed by atoms with Gasteiger partial charge in [-0.25, -0.2) is 9.37 Å². The first kappa shape index (κ1) is 18.7.